The van der Waals surface area contributed by atoms with Crippen molar-refractivity contribution >= 4 is 5.82 Å². The Bertz CT molecular complexity index is 678. The van der Waals surface area contributed by atoms with Crippen LogP contribution in [0.25, 0.3) is 10.4 Å². The average Bonchev–Trinajstić information content (AvgIpc) is 3.19. The number of aromatic nitrogens is 2. The van der Waals surface area contributed by atoms with Crippen LogP contribution in [-0.2, 0) is 4.74 Å². The summed E-state index contributed by atoms with van der Waals surface area (Å²) in [6.45, 7) is 3.50. The van der Waals surface area contributed by atoms with Crippen LogP contribution < -0.4 is 10.6 Å². The quantitative estimate of drug-likeness (QED) is 0.507. The molecular formula is C14H20N6O3. The average molecular weight is 320 g/mol. The van der Waals surface area contributed by atoms with E-state index in [0.717, 1.165) is 37.3 Å². The highest BCUT2D eigenvalue weighted by molar-refractivity contribution is 5.45. The number of aliphatic hydroxyl groups is 1. The smallest absolute Gasteiger partial charge is 0.351 e. The van der Waals surface area contributed by atoms with Gasteiger partial charge >= 0.3 is 5.69 Å². The molecule has 2 saturated heterocycles. The molecule has 0 unspecified atom stereocenters. The molecule has 3 heterocycles. The molecule has 1 N–H and O–H groups in total. The van der Waals surface area contributed by atoms with E-state index in [4.69, 9.17) is 10.3 Å². The standard InChI is InChI=1S/C14H20N6O3/c1-9-7-20(12-6-10(17-18-15)11(8-21)23-12)14(22)16-13(9)19-4-2-3-5-19/h7,10-12,21H,2-6,8H2,1H3/t10-,11+,12+/m1/s1. The fourth-order valence-corrected chi connectivity index (χ4v) is 3.25. The van der Waals surface area contributed by atoms with E-state index in [1.54, 1.807) is 6.20 Å². The molecule has 2 fully saturated rings. The lowest BCUT2D eigenvalue weighted by Crippen LogP contribution is -2.31. The first kappa shape index (κ1) is 15.8. The second-order valence-electron chi connectivity index (χ2n) is 5.95. The second-order valence-corrected chi connectivity index (χ2v) is 5.95. The Hall–Kier alpha value is -2.09. The van der Waals surface area contributed by atoms with Crippen LogP contribution in [0, 0.1) is 6.92 Å². The molecule has 3 atom stereocenters. The van der Waals surface area contributed by atoms with Gasteiger partial charge in [-0.3, -0.25) is 4.57 Å². The number of ether oxygens (including phenoxy) is 1. The molecule has 9 heteroatoms. The summed E-state index contributed by atoms with van der Waals surface area (Å²) >= 11 is 0. The normalized spacial score (nSPS) is 27.2. The van der Waals surface area contributed by atoms with Crippen molar-refractivity contribution in [2.24, 2.45) is 5.11 Å². The van der Waals surface area contributed by atoms with Crippen molar-refractivity contribution in [3.05, 3.63) is 32.7 Å². The van der Waals surface area contributed by atoms with E-state index in [-0.39, 0.29) is 12.3 Å². The lowest BCUT2D eigenvalue weighted by Gasteiger charge is -2.21. The summed E-state index contributed by atoms with van der Waals surface area (Å²) in [5.74, 6) is 0.729. The molecule has 23 heavy (non-hydrogen) atoms. The Morgan fingerprint density at radius 2 is 2.26 bits per heavy atom. The molecule has 0 aromatic carbocycles. The molecule has 1 aromatic rings. The molecule has 0 aliphatic carbocycles. The van der Waals surface area contributed by atoms with E-state index in [2.05, 4.69) is 19.9 Å². The predicted molar refractivity (Wildman–Crippen MR) is 83.2 cm³/mol. The maximum Gasteiger partial charge on any atom is 0.351 e. The van der Waals surface area contributed by atoms with Crippen LogP contribution >= 0.6 is 0 Å². The summed E-state index contributed by atoms with van der Waals surface area (Å²) < 4.78 is 7.08. The number of hydrogen-bond donors (Lipinski definition) is 1. The third-order valence-electron chi connectivity index (χ3n) is 4.41. The number of anilines is 1. The maximum absolute atomic E-state index is 12.4. The largest absolute Gasteiger partial charge is 0.394 e. The number of azide groups is 1. The van der Waals surface area contributed by atoms with Crippen LogP contribution in [0.5, 0.6) is 0 Å². The van der Waals surface area contributed by atoms with Gasteiger partial charge in [0.2, 0.25) is 0 Å². The zero-order chi connectivity index (χ0) is 16.4. The predicted octanol–water partition coefficient (Wildman–Crippen LogP) is 1.11. The van der Waals surface area contributed by atoms with Gasteiger partial charge in [0, 0.05) is 36.2 Å². The minimum absolute atomic E-state index is 0.257. The van der Waals surface area contributed by atoms with E-state index in [0.29, 0.717) is 6.42 Å². The first-order valence-electron chi connectivity index (χ1n) is 7.79. The molecule has 1 aromatic heterocycles. The van der Waals surface area contributed by atoms with Crippen LogP contribution in [0.15, 0.2) is 16.1 Å². The molecular weight excluding hydrogens is 300 g/mol. The lowest BCUT2D eigenvalue weighted by atomic mass is 10.1. The highest BCUT2D eigenvalue weighted by atomic mass is 16.5. The molecule has 0 saturated carbocycles. The zero-order valence-corrected chi connectivity index (χ0v) is 13.0. The van der Waals surface area contributed by atoms with Crippen molar-refractivity contribution in [2.75, 3.05) is 24.6 Å². The number of aryl methyl sites for hydroxylation is 1. The fraction of sp³-hybridized carbons (Fsp3) is 0.714. The highest BCUT2D eigenvalue weighted by Gasteiger charge is 2.36. The third kappa shape index (κ3) is 3.03. The van der Waals surface area contributed by atoms with Gasteiger partial charge in [-0.05, 0) is 25.3 Å². The van der Waals surface area contributed by atoms with Gasteiger partial charge in [0.05, 0.1) is 18.8 Å². The van der Waals surface area contributed by atoms with E-state index in [1.807, 2.05) is 6.92 Å². The summed E-state index contributed by atoms with van der Waals surface area (Å²) in [4.78, 5) is 21.5. The Morgan fingerprint density at radius 1 is 1.52 bits per heavy atom. The highest BCUT2D eigenvalue weighted by Crippen LogP contribution is 2.30. The maximum atomic E-state index is 12.4. The molecule has 2 aliphatic rings. The topological polar surface area (TPSA) is 116 Å². The monoisotopic (exact) mass is 320 g/mol. The Kier molecular flexibility index (Phi) is 4.51. The fourth-order valence-electron chi connectivity index (χ4n) is 3.25. The SMILES string of the molecule is Cc1cn([C@@H]2C[C@@H](N=[N+]=[N-])[C@H](CO)O2)c(=O)nc1N1CCCC1. The van der Waals surface area contributed by atoms with Crippen molar-refractivity contribution < 1.29 is 9.84 Å². The summed E-state index contributed by atoms with van der Waals surface area (Å²) in [5.41, 5.74) is 9.11. The molecule has 0 amide bonds. The first-order valence-corrected chi connectivity index (χ1v) is 7.79. The van der Waals surface area contributed by atoms with Gasteiger partial charge in [0.1, 0.15) is 12.0 Å². The molecule has 0 spiro atoms. The summed E-state index contributed by atoms with van der Waals surface area (Å²) in [6.07, 6.45) is 3.14. The molecule has 0 radical (unpaired) electrons. The summed E-state index contributed by atoms with van der Waals surface area (Å²) in [7, 11) is 0. The van der Waals surface area contributed by atoms with Gasteiger partial charge in [0.25, 0.3) is 0 Å². The van der Waals surface area contributed by atoms with Crippen molar-refractivity contribution in [3.8, 4) is 0 Å². The van der Waals surface area contributed by atoms with Crippen molar-refractivity contribution in [2.45, 2.75) is 44.6 Å². The van der Waals surface area contributed by atoms with Crippen LogP contribution in [0.1, 0.15) is 31.1 Å². The second kappa shape index (κ2) is 6.57. The van der Waals surface area contributed by atoms with Crippen LogP contribution in [0.3, 0.4) is 0 Å². The molecule has 3 rings (SSSR count). The minimum Gasteiger partial charge on any atom is -0.394 e. The van der Waals surface area contributed by atoms with Crippen LogP contribution in [0.2, 0.25) is 0 Å². The third-order valence-corrected chi connectivity index (χ3v) is 4.41. The van der Waals surface area contributed by atoms with Crippen molar-refractivity contribution in [3.63, 3.8) is 0 Å². The van der Waals surface area contributed by atoms with E-state index in [1.165, 1.54) is 4.57 Å². The number of aliphatic hydroxyl groups excluding tert-OH is 1. The number of rotatable bonds is 4. The Morgan fingerprint density at radius 3 is 2.91 bits per heavy atom. The molecule has 2 aliphatic heterocycles. The van der Waals surface area contributed by atoms with E-state index < -0.39 is 18.4 Å². The summed E-state index contributed by atoms with van der Waals surface area (Å²) in [5, 5.41) is 13.0. The van der Waals surface area contributed by atoms with Gasteiger partial charge in [0.15, 0.2) is 0 Å². The first-order chi connectivity index (χ1) is 11.1. The molecule has 9 nitrogen and oxygen atoms in total. The molecule has 0 bridgehead atoms. The van der Waals surface area contributed by atoms with Crippen molar-refractivity contribution in [1.29, 1.82) is 0 Å². The summed E-state index contributed by atoms with van der Waals surface area (Å²) in [6, 6.07) is -0.486. The Labute approximate surface area is 133 Å². The van der Waals surface area contributed by atoms with Crippen LogP contribution in [-0.4, -0.2) is 46.5 Å². The van der Waals surface area contributed by atoms with Gasteiger partial charge < -0.3 is 14.7 Å². The number of nitrogens with zero attached hydrogens (tertiary/aromatic N) is 6. The molecule has 124 valence electrons. The Balaban J connectivity index is 1.87. The zero-order valence-electron chi connectivity index (χ0n) is 13.0. The van der Waals surface area contributed by atoms with Gasteiger partial charge in [-0.1, -0.05) is 5.11 Å². The van der Waals surface area contributed by atoms with Crippen molar-refractivity contribution in [1.82, 2.24) is 9.55 Å². The minimum atomic E-state index is -0.596. The van der Waals surface area contributed by atoms with E-state index in [9.17, 15) is 9.90 Å². The van der Waals surface area contributed by atoms with Gasteiger partial charge in [-0.2, -0.15) is 4.98 Å². The van der Waals surface area contributed by atoms with Gasteiger partial charge in [-0.15, -0.1) is 0 Å². The van der Waals surface area contributed by atoms with Gasteiger partial charge in [-0.25, -0.2) is 4.79 Å². The lowest BCUT2D eigenvalue weighted by molar-refractivity contribution is -0.0270. The number of hydrogen-bond acceptors (Lipinski definition) is 6. The van der Waals surface area contributed by atoms with E-state index >= 15 is 0 Å². The van der Waals surface area contributed by atoms with Crippen LogP contribution in [0.4, 0.5) is 5.82 Å².